The Morgan fingerprint density at radius 1 is 1.11 bits per heavy atom. The molecule has 94 valence electrons. The van der Waals surface area contributed by atoms with Crippen LogP contribution >= 0.6 is 0 Å². The van der Waals surface area contributed by atoms with Crippen LogP contribution in [0.3, 0.4) is 0 Å². The highest BCUT2D eigenvalue weighted by molar-refractivity contribution is 5.90. The van der Waals surface area contributed by atoms with E-state index < -0.39 is 0 Å². The molecule has 0 amide bonds. The third-order valence-corrected chi connectivity index (χ3v) is 2.68. The molecule has 2 rings (SSSR count). The molecule has 0 fully saturated rings. The van der Waals surface area contributed by atoms with Crippen molar-refractivity contribution >= 4 is 10.8 Å². The van der Waals surface area contributed by atoms with Gasteiger partial charge in [-0.3, -0.25) is 0 Å². The Morgan fingerprint density at radius 2 is 1.95 bits per heavy atom. The molecule has 0 atom stereocenters. The van der Waals surface area contributed by atoms with E-state index in [-0.39, 0.29) is 6.61 Å². The molecule has 0 spiro atoms. The summed E-state index contributed by atoms with van der Waals surface area (Å²) in [4.78, 5) is 0. The van der Waals surface area contributed by atoms with Crippen molar-refractivity contribution in [2.45, 2.75) is 0 Å². The molecule has 2 heteroatoms. The van der Waals surface area contributed by atoms with Gasteiger partial charge in [-0.05, 0) is 11.5 Å². The average molecular weight is 250 g/mol. The van der Waals surface area contributed by atoms with Crippen LogP contribution in [-0.2, 0) is 4.74 Å². The highest BCUT2D eigenvalue weighted by atomic mass is 16.5. The lowest BCUT2D eigenvalue weighted by atomic mass is 10.0. The lowest BCUT2D eigenvalue weighted by Gasteiger charge is -2.06. The van der Waals surface area contributed by atoms with Gasteiger partial charge in [-0.1, -0.05) is 48.1 Å². The Hall–Kier alpha value is -2.42. The van der Waals surface area contributed by atoms with Crippen LogP contribution in [0.15, 0.2) is 36.4 Å². The van der Waals surface area contributed by atoms with Crippen molar-refractivity contribution in [2.24, 2.45) is 0 Å². The minimum atomic E-state index is 0.279. The number of benzene rings is 2. The lowest BCUT2D eigenvalue weighted by molar-refractivity contribution is 0.205. The topological polar surface area (TPSA) is 18.5 Å². The molecule has 0 aliphatic rings. The SMILES string of the molecule is C#CCOCC#Cc1c(OC)ccc2ccccc12. The van der Waals surface area contributed by atoms with Crippen LogP contribution < -0.4 is 4.74 Å². The van der Waals surface area contributed by atoms with E-state index in [1.54, 1.807) is 7.11 Å². The van der Waals surface area contributed by atoms with Gasteiger partial charge in [0.15, 0.2) is 0 Å². The van der Waals surface area contributed by atoms with Crippen LogP contribution in [0.2, 0.25) is 0 Å². The predicted octanol–water partition coefficient (Wildman–Crippen LogP) is 2.85. The van der Waals surface area contributed by atoms with Gasteiger partial charge < -0.3 is 9.47 Å². The van der Waals surface area contributed by atoms with Gasteiger partial charge in [-0.2, -0.15) is 0 Å². The van der Waals surface area contributed by atoms with Crippen molar-refractivity contribution in [3.05, 3.63) is 42.0 Å². The van der Waals surface area contributed by atoms with Crippen molar-refractivity contribution in [3.8, 4) is 29.9 Å². The van der Waals surface area contributed by atoms with Crippen molar-refractivity contribution < 1.29 is 9.47 Å². The third kappa shape index (κ3) is 3.07. The fourth-order valence-corrected chi connectivity index (χ4v) is 1.84. The Kier molecular flexibility index (Phi) is 4.45. The normalized spacial score (nSPS) is 9.47. The van der Waals surface area contributed by atoms with Crippen LogP contribution in [0.1, 0.15) is 5.56 Å². The largest absolute Gasteiger partial charge is 0.495 e. The molecule has 2 aromatic rings. The van der Waals surface area contributed by atoms with Gasteiger partial charge in [-0.25, -0.2) is 0 Å². The summed E-state index contributed by atoms with van der Waals surface area (Å²) in [5.41, 5.74) is 0.880. The second-order valence-electron chi connectivity index (χ2n) is 3.86. The van der Waals surface area contributed by atoms with Gasteiger partial charge in [0.05, 0.1) is 12.7 Å². The molecule has 2 nitrogen and oxygen atoms in total. The lowest BCUT2D eigenvalue weighted by Crippen LogP contribution is -1.92. The number of methoxy groups -OCH3 is 1. The van der Waals surface area contributed by atoms with E-state index in [1.807, 2.05) is 30.3 Å². The van der Waals surface area contributed by atoms with Crippen molar-refractivity contribution in [3.63, 3.8) is 0 Å². The molecule has 2 aromatic carbocycles. The molecule has 0 saturated carbocycles. The molecule has 0 bridgehead atoms. The molecule has 0 aromatic heterocycles. The highest BCUT2D eigenvalue weighted by Crippen LogP contribution is 2.26. The van der Waals surface area contributed by atoms with Crippen LogP contribution in [0, 0.1) is 24.2 Å². The molecular formula is C17H14O2. The predicted molar refractivity (Wildman–Crippen MR) is 77.0 cm³/mol. The fraction of sp³-hybridized carbons (Fsp3) is 0.176. The van der Waals surface area contributed by atoms with Gasteiger partial charge >= 0.3 is 0 Å². The van der Waals surface area contributed by atoms with E-state index in [0.717, 1.165) is 22.1 Å². The maximum absolute atomic E-state index is 5.36. The van der Waals surface area contributed by atoms with E-state index in [0.29, 0.717) is 6.61 Å². The Labute approximate surface area is 113 Å². The summed E-state index contributed by atoms with van der Waals surface area (Å²) in [5.74, 6) is 9.22. The zero-order valence-electron chi connectivity index (χ0n) is 10.8. The van der Waals surface area contributed by atoms with Gasteiger partial charge in [0, 0.05) is 5.39 Å². The van der Waals surface area contributed by atoms with Crippen molar-refractivity contribution in [1.29, 1.82) is 0 Å². The summed E-state index contributed by atoms with van der Waals surface area (Å²) in [5, 5.41) is 2.21. The minimum Gasteiger partial charge on any atom is -0.495 e. The number of hydrogen-bond acceptors (Lipinski definition) is 2. The summed E-state index contributed by atoms with van der Waals surface area (Å²) < 4.78 is 10.5. The van der Waals surface area contributed by atoms with Crippen LogP contribution in [0.25, 0.3) is 10.8 Å². The second-order valence-corrected chi connectivity index (χ2v) is 3.86. The summed E-state index contributed by atoms with van der Waals surface area (Å²) in [6.07, 6.45) is 5.10. The van der Waals surface area contributed by atoms with E-state index in [2.05, 4.69) is 23.8 Å². The van der Waals surface area contributed by atoms with Gasteiger partial charge in [0.25, 0.3) is 0 Å². The zero-order valence-corrected chi connectivity index (χ0v) is 10.8. The first-order valence-electron chi connectivity index (χ1n) is 5.92. The number of hydrogen-bond donors (Lipinski definition) is 0. The van der Waals surface area contributed by atoms with Crippen LogP contribution in [0.4, 0.5) is 0 Å². The first-order chi connectivity index (χ1) is 9.36. The molecule has 0 aliphatic carbocycles. The molecule has 19 heavy (non-hydrogen) atoms. The summed E-state index contributed by atoms with van der Waals surface area (Å²) >= 11 is 0. The van der Waals surface area contributed by atoms with Gasteiger partial charge in [0.1, 0.15) is 19.0 Å². The number of rotatable bonds is 3. The first-order valence-corrected chi connectivity index (χ1v) is 5.92. The molecule has 0 heterocycles. The summed E-state index contributed by atoms with van der Waals surface area (Å²) in [7, 11) is 1.64. The smallest absolute Gasteiger partial charge is 0.135 e. The van der Waals surface area contributed by atoms with E-state index in [4.69, 9.17) is 15.9 Å². The first kappa shape index (κ1) is 13.0. The molecule has 0 unspecified atom stereocenters. The maximum atomic E-state index is 5.36. The van der Waals surface area contributed by atoms with Gasteiger partial charge in [0.2, 0.25) is 0 Å². The third-order valence-electron chi connectivity index (χ3n) is 2.68. The summed E-state index contributed by atoms with van der Waals surface area (Å²) in [6, 6.07) is 12.0. The highest BCUT2D eigenvalue weighted by Gasteiger charge is 2.04. The van der Waals surface area contributed by atoms with Crippen LogP contribution in [0.5, 0.6) is 5.75 Å². The monoisotopic (exact) mass is 250 g/mol. The molecule has 0 aliphatic heterocycles. The van der Waals surface area contributed by atoms with E-state index in [1.165, 1.54) is 0 Å². The number of fused-ring (bicyclic) bond motifs is 1. The van der Waals surface area contributed by atoms with E-state index in [9.17, 15) is 0 Å². The fourth-order valence-electron chi connectivity index (χ4n) is 1.84. The summed E-state index contributed by atoms with van der Waals surface area (Å²) in [6.45, 7) is 0.595. The van der Waals surface area contributed by atoms with E-state index >= 15 is 0 Å². The van der Waals surface area contributed by atoms with Crippen LogP contribution in [-0.4, -0.2) is 20.3 Å². The molecular weight excluding hydrogens is 236 g/mol. The van der Waals surface area contributed by atoms with Crippen molar-refractivity contribution in [1.82, 2.24) is 0 Å². The molecule has 0 N–H and O–H groups in total. The Balaban J connectivity index is 2.36. The quantitative estimate of drug-likeness (QED) is 0.616. The average Bonchev–Trinajstić information content (AvgIpc) is 2.47. The number of terminal acetylenes is 1. The van der Waals surface area contributed by atoms with Crippen molar-refractivity contribution in [2.75, 3.05) is 20.3 Å². The number of ether oxygens (including phenoxy) is 2. The Morgan fingerprint density at radius 3 is 2.74 bits per heavy atom. The standard InChI is InChI=1S/C17H14O2/c1-3-12-19-13-6-9-16-15-8-5-4-7-14(15)10-11-17(16)18-2/h1,4-5,7-8,10-11H,12-13H2,2H3. The Bertz CT molecular complexity index is 669. The zero-order chi connectivity index (χ0) is 13.5. The second kappa shape index (κ2) is 6.50. The maximum Gasteiger partial charge on any atom is 0.135 e. The minimum absolute atomic E-state index is 0.279. The molecule has 0 saturated heterocycles. The van der Waals surface area contributed by atoms with Gasteiger partial charge in [-0.15, -0.1) is 6.42 Å². The molecule has 0 radical (unpaired) electrons.